The molecule has 146 valence electrons. The van der Waals surface area contributed by atoms with Gasteiger partial charge < -0.3 is 0 Å². The van der Waals surface area contributed by atoms with Gasteiger partial charge in [-0.2, -0.15) is 0 Å². The van der Waals surface area contributed by atoms with E-state index in [1.54, 1.807) is 11.3 Å². The molecule has 1 saturated heterocycles. The second-order valence-corrected chi connectivity index (χ2v) is 8.75. The van der Waals surface area contributed by atoms with Gasteiger partial charge in [0, 0.05) is 17.7 Å². The Morgan fingerprint density at radius 1 is 1.21 bits per heavy atom. The van der Waals surface area contributed by atoms with Crippen LogP contribution in [0.2, 0.25) is 0 Å². The number of carbonyl (C=O) groups excluding carboxylic acids is 2. The third-order valence-corrected chi connectivity index (χ3v) is 7.19. The van der Waals surface area contributed by atoms with Gasteiger partial charge in [-0.1, -0.05) is 38.5 Å². The largest absolute Gasteiger partial charge is 0.274 e. The summed E-state index contributed by atoms with van der Waals surface area (Å²) in [5.41, 5.74) is 2.30. The van der Waals surface area contributed by atoms with Crippen molar-refractivity contribution in [2.45, 2.75) is 58.3 Å². The first-order valence-electron chi connectivity index (χ1n) is 10.2. The maximum absolute atomic E-state index is 13.0. The summed E-state index contributed by atoms with van der Waals surface area (Å²) >= 11 is 1.67. The second-order valence-electron chi connectivity index (χ2n) is 7.87. The fourth-order valence-corrected chi connectivity index (χ4v) is 4.85. The zero-order chi connectivity index (χ0) is 19.7. The third-order valence-electron chi connectivity index (χ3n) is 6.36. The molecule has 0 bridgehead atoms. The average Bonchev–Trinajstić information content (AvgIpc) is 3.21. The Labute approximate surface area is 170 Å². The molecule has 0 atom stereocenters. The molecule has 0 radical (unpaired) electrons. The fourth-order valence-electron chi connectivity index (χ4n) is 4.06. The van der Waals surface area contributed by atoms with E-state index in [1.807, 2.05) is 50.3 Å². The maximum Gasteiger partial charge on any atom is 0.240 e. The molecule has 2 fully saturated rings. The van der Waals surface area contributed by atoms with Crippen LogP contribution in [-0.4, -0.2) is 16.8 Å². The Kier molecular flexibility index (Phi) is 5.19. The lowest BCUT2D eigenvalue weighted by Gasteiger charge is -2.23. The van der Waals surface area contributed by atoms with E-state index in [0.29, 0.717) is 30.9 Å². The molecule has 2 aliphatic rings. The Morgan fingerprint density at radius 2 is 2.00 bits per heavy atom. The molecule has 1 aliphatic carbocycles. The van der Waals surface area contributed by atoms with E-state index in [-0.39, 0.29) is 11.8 Å². The van der Waals surface area contributed by atoms with Gasteiger partial charge in [0.05, 0.1) is 16.8 Å². The first-order valence-corrected chi connectivity index (χ1v) is 11.1. The third kappa shape index (κ3) is 3.32. The summed E-state index contributed by atoms with van der Waals surface area (Å²) in [7, 11) is 0. The van der Waals surface area contributed by atoms with Gasteiger partial charge in [0.25, 0.3) is 0 Å². The molecule has 0 spiro atoms. The van der Waals surface area contributed by atoms with Crippen LogP contribution in [0.3, 0.4) is 0 Å². The normalized spacial score (nSPS) is 19.6. The molecule has 28 heavy (non-hydrogen) atoms. The van der Waals surface area contributed by atoms with Crippen molar-refractivity contribution in [1.82, 2.24) is 4.98 Å². The molecule has 1 saturated carbocycles. The number of thiazole rings is 1. The molecule has 5 heteroatoms. The number of rotatable bonds is 6. The molecule has 2 amide bonds. The number of amides is 2. The molecule has 4 nitrogen and oxygen atoms in total. The topological polar surface area (TPSA) is 50.3 Å². The van der Waals surface area contributed by atoms with Crippen LogP contribution in [0.4, 0.5) is 5.69 Å². The highest BCUT2D eigenvalue weighted by Gasteiger charge is 2.49. The van der Waals surface area contributed by atoms with Gasteiger partial charge in [0.1, 0.15) is 5.01 Å². The van der Waals surface area contributed by atoms with E-state index < -0.39 is 5.41 Å². The summed E-state index contributed by atoms with van der Waals surface area (Å²) in [6.07, 6.45) is 9.53. The van der Waals surface area contributed by atoms with Gasteiger partial charge in [-0.15, -0.1) is 11.3 Å². The predicted octanol–water partition coefficient (Wildman–Crippen LogP) is 5.65. The Morgan fingerprint density at radius 3 is 2.64 bits per heavy atom. The lowest BCUT2D eigenvalue weighted by molar-refractivity contribution is -0.126. The molecule has 4 rings (SSSR count). The zero-order valence-corrected chi connectivity index (χ0v) is 17.3. The van der Waals surface area contributed by atoms with Crippen LogP contribution < -0.4 is 4.90 Å². The van der Waals surface area contributed by atoms with E-state index in [0.717, 1.165) is 10.6 Å². The minimum atomic E-state index is -0.540. The van der Waals surface area contributed by atoms with Crippen LogP contribution in [0.5, 0.6) is 0 Å². The summed E-state index contributed by atoms with van der Waals surface area (Å²) in [5.74, 6) is 0.486. The molecular weight excluding hydrogens is 368 g/mol. The van der Waals surface area contributed by atoms with Gasteiger partial charge in [0.2, 0.25) is 11.8 Å². The first kappa shape index (κ1) is 19.1. The summed E-state index contributed by atoms with van der Waals surface area (Å²) in [4.78, 5) is 31.7. The van der Waals surface area contributed by atoms with Gasteiger partial charge in [-0.25, -0.2) is 4.98 Å². The highest BCUT2D eigenvalue weighted by atomic mass is 32.1. The lowest BCUT2D eigenvalue weighted by atomic mass is 9.81. The van der Waals surface area contributed by atoms with Crippen molar-refractivity contribution < 1.29 is 9.59 Å². The molecule has 0 unspecified atom stereocenters. The Balaban J connectivity index is 1.54. The number of carbonyl (C=O) groups is 2. The summed E-state index contributed by atoms with van der Waals surface area (Å²) in [6.45, 7) is 3.98. The maximum atomic E-state index is 13.0. The molecule has 2 heterocycles. The lowest BCUT2D eigenvalue weighted by Crippen LogP contribution is -2.35. The van der Waals surface area contributed by atoms with Crippen molar-refractivity contribution in [3.05, 3.63) is 45.9 Å². The first-order chi connectivity index (χ1) is 13.6. The van der Waals surface area contributed by atoms with E-state index in [9.17, 15) is 9.59 Å². The quantitative estimate of drug-likeness (QED) is 0.595. The number of benzene rings is 1. The summed E-state index contributed by atoms with van der Waals surface area (Å²) in [6, 6.07) is 7.63. The van der Waals surface area contributed by atoms with Crippen molar-refractivity contribution in [2.75, 3.05) is 4.90 Å². The molecule has 1 aromatic heterocycles. The summed E-state index contributed by atoms with van der Waals surface area (Å²) in [5, 5.41) is 3.16. The number of anilines is 1. The van der Waals surface area contributed by atoms with Crippen molar-refractivity contribution in [3.8, 4) is 0 Å². The van der Waals surface area contributed by atoms with Crippen LogP contribution >= 0.6 is 11.3 Å². The van der Waals surface area contributed by atoms with E-state index in [1.165, 1.54) is 29.9 Å². The standard InChI is InChI=1S/C23H26N2O2S/c1-3-23(4-2)14-21(26)25(22(23)27)18-10-5-7-16(13-18)11-12-20-24-19(15-28-20)17-8-6-9-17/h5,7,10-13,15,17H,3-4,6,8-9,14H2,1-2H3/b12-11+. The highest BCUT2D eigenvalue weighted by molar-refractivity contribution is 7.10. The van der Waals surface area contributed by atoms with E-state index >= 15 is 0 Å². The van der Waals surface area contributed by atoms with Gasteiger partial charge in [0.15, 0.2) is 0 Å². The predicted molar refractivity (Wildman–Crippen MR) is 114 cm³/mol. The van der Waals surface area contributed by atoms with Crippen LogP contribution in [0.25, 0.3) is 12.2 Å². The van der Waals surface area contributed by atoms with Crippen molar-refractivity contribution in [2.24, 2.45) is 5.41 Å². The van der Waals surface area contributed by atoms with Crippen LogP contribution in [0, 0.1) is 5.41 Å². The fraction of sp³-hybridized carbons (Fsp3) is 0.435. The minimum absolute atomic E-state index is 0.0614. The second kappa shape index (κ2) is 7.63. The van der Waals surface area contributed by atoms with E-state index in [2.05, 4.69) is 5.38 Å². The molecule has 1 aromatic carbocycles. The smallest absolute Gasteiger partial charge is 0.240 e. The average molecular weight is 395 g/mol. The van der Waals surface area contributed by atoms with Crippen molar-refractivity contribution in [3.63, 3.8) is 0 Å². The Hall–Kier alpha value is -2.27. The monoisotopic (exact) mass is 394 g/mol. The molecule has 1 aliphatic heterocycles. The van der Waals surface area contributed by atoms with Crippen LogP contribution in [0.15, 0.2) is 29.6 Å². The van der Waals surface area contributed by atoms with Crippen molar-refractivity contribution >= 4 is 41.0 Å². The number of imide groups is 1. The number of hydrogen-bond acceptors (Lipinski definition) is 4. The SMILES string of the molecule is CCC1(CC)CC(=O)N(c2cccc(/C=C/c3nc(C4CCC4)cs3)c2)C1=O. The Bertz CT molecular complexity index is 922. The van der Waals surface area contributed by atoms with Gasteiger partial charge >= 0.3 is 0 Å². The minimum Gasteiger partial charge on any atom is -0.274 e. The van der Waals surface area contributed by atoms with Gasteiger partial charge in [-0.05, 0) is 49.5 Å². The van der Waals surface area contributed by atoms with Crippen LogP contribution in [0.1, 0.15) is 74.6 Å². The highest BCUT2D eigenvalue weighted by Crippen LogP contribution is 2.41. The zero-order valence-electron chi connectivity index (χ0n) is 16.5. The molecular formula is C23H26N2O2S. The van der Waals surface area contributed by atoms with Crippen LogP contribution in [-0.2, 0) is 9.59 Å². The summed E-state index contributed by atoms with van der Waals surface area (Å²) < 4.78 is 0. The number of aromatic nitrogens is 1. The van der Waals surface area contributed by atoms with Gasteiger partial charge in [-0.3, -0.25) is 14.5 Å². The van der Waals surface area contributed by atoms with E-state index in [4.69, 9.17) is 4.98 Å². The molecule has 2 aromatic rings. The number of hydrogen-bond donors (Lipinski definition) is 0. The van der Waals surface area contributed by atoms with Crippen molar-refractivity contribution in [1.29, 1.82) is 0 Å². The number of nitrogens with zero attached hydrogens (tertiary/aromatic N) is 2. The molecule has 0 N–H and O–H groups in total.